The summed E-state index contributed by atoms with van der Waals surface area (Å²) in [6.45, 7) is -0.0285. The zero-order chi connectivity index (χ0) is 16.5. The van der Waals surface area contributed by atoms with Gasteiger partial charge in [0.2, 0.25) is 0 Å². The molecule has 1 heterocycles. The van der Waals surface area contributed by atoms with Crippen LogP contribution in [-0.4, -0.2) is 19.3 Å². The number of nitrogens with zero attached hydrogens (tertiary/aromatic N) is 1. The first-order valence-electron chi connectivity index (χ1n) is 6.84. The Morgan fingerprint density at radius 3 is 2.21 bits per heavy atom. The Bertz CT molecular complexity index is 533. The lowest BCUT2D eigenvalue weighted by Crippen LogP contribution is -2.42. The van der Waals surface area contributed by atoms with Crippen molar-refractivity contribution in [3.8, 4) is 0 Å². The Labute approximate surface area is 148 Å². The summed E-state index contributed by atoms with van der Waals surface area (Å²) in [5.74, 6) is -1.46. The van der Waals surface area contributed by atoms with Crippen molar-refractivity contribution in [3.05, 3.63) is 29.3 Å². The number of hydrogen-bond acceptors (Lipinski definition) is 2. The van der Waals surface area contributed by atoms with E-state index < -0.39 is 23.8 Å². The third-order valence-corrected chi connectivity index (χ3v) is 3.85. The van der Waals surface area contributed by atoms with Crippen LogP contribution in [0.15, 0.2) is 18.2 Å². The summed E-state index contributed by atoms with van der Waals surface area (Å²) in [6.07, 6.45) is -8.42. The Hall–Kier alpha value is -0.860. The Balaban J connectivity index is 0.00000264. The van der Waals surface area contributed by atoms with Gasteiger partial charge in [-0.25, -0.2) is 0 Å². The predicted octanol–water partition coefficient (Wildman–Crippen LogP) is 4.79. The Morgan fingerprint density at radius 1 is 1.08 bits per heavy atom. The summed E-state index contributed by atoms with van der Waals surface area (Å²) in [6, 6.07) is 3.00. The number of rotatable bonds is 2. The van der Waals surface area contributed by atoms with Crippen LogP contribution in [0.4, 0.5) is 32.0 Å². The Kier molecular flexibility index (Phi) is 8.18. The van der Waals surface area contributed by atoms with Crippen molar-refractivity contribution in [2.24, 2.45) is 11.7 Å². The fourth-order valence-electron chi connectivity index (χ4n) is 2.70. The lowest BCUT2D eigenvalue weighted by atomic mass is 9.96. The van der Waals surface area contributed by atoms with Crippen LogP contribution in [-0.2, 0) is 12.7 Å². The van der Waals surface area contributed by atoms with E-state index in [0.717, 1.165) is 12.1 Å². The molecule has 1 atom stereocenters. The van der Waals surface area contributed by atoms with Crippen LogP contribution >= 0.6 is 24.8 Å². The highest BCUT2D eigenvalue weighted by molar-refractivity contribution is 5.85. The molecule has 1 aliphatic rings. The molecule has 1 aromatic carbocycles. The molecule has 1 saturated heterocycles. The molecular weight excluding hydrogens is 381 g/mol. The van der Waals surface area contributed by atoms with E-state index in [2.05, 4.69) is 0 Å². The predicted molar refractivity (Wildman–Crippen MR) is 84.8 cm³/mol. The molecule has 0 amide bonds. The van der Waals surface area contributed by atoms with E-state index in [1.807, 2.05) is 0 Å². The number of anilines is 1. The molecule has 10 heteroatoms. The van der Waals surface area contributed by atoms with Crippen molar-refractivity contribution in [2.75, 3.05) is 18.0 Å². The van der Waals surface area contributed by atoms with E-state index in [1.54, 1.807) is 0 Å². The molecule has 2 rings (SSSR count). The van der Waals surface area contributed by atoms with Gasteiger partial charge in [-0.2, -0.15) is 26.3 Å². The highest BCUT2D eigenvalue weighted by Gasteiger charge is 2.42. The molecule has 0 radical (unpaired) electrons. The number of piperidine rings is 1. The normalized spacial score (nSPS) is 18.6. The van der Waals surface area contributed by atoms with Gasteiger partial charge >= 0.3 is 12.4 Å². The maximum absolute atomic E-state index is 12.8. The molecule has 140 valence electrons. The van der Waals surface area contributed by atoms with Gasteiger partial charge < -0.3 is 10.6 Å². The van der Waals surface area contributed by atoms with Crippen molar-refractivity contribution < 1.29 is 26.3 Å². The van der Waals surface area contributed by atoms with Gasteiger partial charge in [-0.15, -0.1) is 24.8 Å². The minimum absolute atomic E-state index is 0. The van der Waals surface area contributed by atoms with Crippen molar-refractivity contribution in [1.82, 2.24) is 0 Å². The van der Waals surface area contributed by atoms with Crippen LogP contribution in [0.3, 0.4) is 0 Å². The number of alkyl halides is 6. The van der Waals surface area contributed by atoms with Crippen LogP contribution in [0.5, 0.6) is 0 Å². The smallest absolute Gasteiger partial charge is 0.371 e. The van der Waals surface area contributed by atoms with E-state index in [9.17, 15) is 26.3 Å². The van der Waals surface area contributed by atoms with Crippen LogP contribution in [0.2, 0.25) is 0 Å². The third-order valence-electron chi connectivity index (χ3n) is 3.85. The molecule has 2 nitrogen and oxygen atoms in total. The van der Waals surface area contributed by atoms with E-state index in [-0.39, 0.29) is 49.9 Å². The second-order valence-electron chi connectivity index (χ2n) is 5.37. The average Bonchev–Trinajstić information content (AvgIpc) is 2.45. The topological polar surface area (TPSA) is 29.3 Å². The van der Waals surface area contributed by atoms with Crippen LogP contribution in [0.1, 0.15) is 24.0 Å². The summed E-state index contributed by atoms with van der Waals surface area (Å²) in [7, 11) is 0. The quantitative estimate of drug-likeness (QED) is 0.725. The van der Waals surface area contributed by atoms with Gasteiger partial charge in [0.05, 0.1) is 11.5 Å². The lowest BCUT2D eigenvalue weighted by Gasteiger charge is -2.36. The molecular formula is C14H18Cl2F6N2. The minimum atomic E-state index is -4.50. The molecule has 2 N–H and O–H groups in total. The second-order valence-corrected chi connectivity index (χ2v) is 5.37. The zero-order valence-electron chi connectivity index (χ0n) is 12.5. The highest BCUT2D eigenvalue weighted by atomic mass is 35.5. The standard InChI is InChI=1S/C14H16F6N2.2ClH/c15-13(16,17)10-3-4-12(9(6-10)7-21)22-5-1-2-11(8-22)14(18,19)20;;/h3-4,6,11H,1-2,5,7-8,21H2;2*1H. The summed E-state index contributed by atoms with van der Waals surface area (Å²) in [4.78, 5) is 1.48. The molecule has 1 fully saturated rings. The maximum Gasteiger partial charge on any atom is 0.416 e. The van der Waals surface area contributed by atoms with Gasteiger partial charge in [-0.1, -0.05) is 0 Å². The van der Waals surface area contributed by atoms with Gasteiger partial charge in [-0.3, -0.25) is 0 Å². The van der Waals surface area contributed by atoms with Crippen molar-refractivity contribution in [3.63, 3.8) is 0 Å². The zero-order valence-corrected chi connectivity index (χ0v) is 14.1. The first-order valence-corrected chi connectivity index (χ1v) is 6.84. The molecule has 1 aromatic rings. The van der Waals surface area contributed by atoms with Crippen LogP contribution in [0.25, 0.3) is 0 Å². The van der Waals surface area contributed by atoms with E-state index in [4.69, 9.17) is 5.73 Å². The number of hydrogen-bond donors (Lipinski definition) is 1. The van der Waals surface area contributed by atoms with Gasteiger partial charge in [0.15, 0.2) is 0 Å². The summed E-state index contributed by atoms with van der Waals surface area (Å²) < 4.78 is 76.6. The summed E-state index contributed by atoms with van der Waals surface area (Å²) in [5, 5.41) is 0. The number of nitrogens with two attached hydrogens (primary N) is 1. The van der Waals surface area contributed by atoms with Gasteiger partial charge in [0, 0.05) is 25.3 Å². The summed E-state index contributed by atoms with van der Waals surface area (Å²) in [5.41, 5.74) is 5.18. The number of benzene rings is 1. The first-order chi connectivity index (χ1) is 10.1. The van der Waals surface area contributed by atoms with Gasteiger partial charge in [-0.05, 0) is 36.6 Å². The third kappa shape index (κ3) is 5.32. The van der Waals surface area contributed by atoms with Crippen molar-refractivity contribution in [1.29, 1.82) is 0 Å². The van der Waals surface area contributed by atoms with Crippen LogP contribution < -0.4 is 10.6 Å². The fraction of sp³-hybridized carbons (Fsp3) is 0.571. The lowest BCUT2D eigenvalue weighted by molar-refractivity contribution is -0.176. The van der Waals surface area contributed by atoms with E-state index in [0.29, 0.717) is 18.7 Å². The monoisotopic (exact) mass is 398 g/mol. The molecule has 0 saturated carbocycles. The molecule has 0 aromatic heterocycles. The molecule has 0 spiro atoms. The fourth-order valence-corrected chi connectivity index (χ4v) is 2.70. The highest BCUT2D eigenvalue weighted by Crippen LogP contribution is 2.37. The van der Waals surface area contributed by atoms with Gasteiger partial charge in [0.1, 0.15) is 0 Å². The van der Waals surface area contributed by atoms with Crippen LogP contribution in [0, 0.1) is 5.92 Å². The molecule has 1 unspecified atom stereocenters. The molecule has 0 bridgehead atoms. The average molecular weight is 399 g/mol. The SMILES string of the molecule is Cl.Cl.NCc1cc(C(F)(F)F)ccc1N1CCCC(C(F)(F)F)C1. The first kappa shape index (κ1) is 23.1. The van der Waals surface area contributed by atoms with Crippen molar-refractivity contribution >= 4 is 30.5 Å². The molecule has 1 aliphatic heterocycles. The number of halogens is 8. The second kappa shape index (κ2) is 8.49. The minimum Gasteiger partial charge on any atom is -0.371 e. The Morgan fingerprint density at radius 2 is 1.71 bits per heavy atom. The molecule has 24 heavy (non-hydrogen) atoms. The summed E-state index contributed by atoms with van der Waals surface area (Å²) >= 11 is 0. The van der Waals surface area contributed by atoms with Gasteiger partial charge in [0.25, 0.3) is 0 Å². The molecule has 0 aliphatic carbocycles. The van der Waals surface area contributed by atoms with Crippen molar-refractivity contribution in [2.45, 2.75) is 31.7 Å². The maximum atomic E-state index is 12.8. The van der Waals surface area contributed by atoms with E-state index >= 15 is 0 Å². The largest absolute Gasteiger partial charge is 0.416 e. The van der Waals surface area contributed by atoms with E-state index in [1.165, 1.54) is 11.0 Å².